The fourth-order valence-electron chi connectivity index (χ4n) is 9.10. The Morgan fingerprint density at radius 3 is 2.14 bits per heavy atom. The molecule has 8 rings (SSSR count). The van der Waals surface area contributed by atoms with Gasteiger partial charge < -0.3 is 19.3 Å². The first-order valence-electron chi connectivity index (χ1n) is 20.4. The normalized spacial score (nSPS) is 21.7. The number of amides is 2. The summed E-state index contributed by atoms with van der Waals surface area (Å²) >= 11 is 0. The Morgan fingerprint density at radius 2 is 1.46 bits per heavy atom. The molecule has 3 aliphatic rings. The van der Waals surface area contributed by atoms with Gasteiger partial charge in [0.05, 0.1) is 24.2 Å². The topological polar surface area (TPSA) is 97.8 Å². The summed E-state index contributed by atoms with van der Waals surface area (Å²) < 4.78 is 66.8. The number of ether oxygens (including phenoxy) is 2. The largest absolute Gasteiger partial charge is 0.389 e. The van der Waals surface area contributed by atoms with Gasteiger partial charge in [0.15, 0.2) is 0 Å². The summed E-state index contributed by atoms with van der Waals surface area (Å²) in [6, 6.07) is 21.9. The third-order valence-corrected chi connectivity index (χ3v) is 12.0. The van der Waals surface area contributed by atoms with E-state index in [1.165, 1.54) is 12.1 Å². The second kappa shape index (κ2) is 17.9. The summed E-state index contributed by atoms with van der Waals surface area (Å²) in [7, 11) is 0. The summed E-state index contributed by atoms with van der Waals surface area (Å²) in [6.07, 6.45) is 4.81. The lowest BCUT2D eigenvalue weighted by Crippen LogP contribution is -2.46. The number of piperidine rings is 1. The van der Waals surface area contributed by atoms with Crippen molar-refractivity contribution in [3.8, 4) is 0 Å². The van der Waals surface area contributed by atoms with E-state index >= 15 is 0 Å². The van der Waals surface area contributed by atoms with E-state index in [9.17, 15) is 27.2 Å². The van der Waals surface area contributed by atoms with Gasteiger partial charge in [-0.1, -0.05) is 48.5 Å². The molecule has 9 nitrogen and oxygen atoms in total. The predicted molar refractivity (Wildman–Crippen MR) is 212 cm³/mol. The summed E-state index contributed by atoms with van der Waals surface area (Å²) in [6.45, 7) is 1.15. The quantitative estimate of drug-likeness (QED) is 0.0724. The van der Waals surface area contributed by atoms with Crippen LogP contribution in [0.25, 0.3) is 10.9 Å². The Bertz CT molecular complexity index is 2190. The maximum absolute atomic E-state index is 14.8. The van der Waals surface area contributed by atoms with Crippen LogP contribution in [0.2, 0.25) is 0 Å². The number of halogens is 4. The number of hydrogen-bond acceptors (Lipinski definition) is 7. The molecule has 0 bridgehead atoms. The van der Waals surface area contributed by atoms with Gasteiger partial charge in [-0.2, -0.15) is 13.2 Å². The Morgan fingerprint density at radius 1 is 0.763 bits per heavy atom. The zero-order valence-electron chi connectivity index (χ0n) is 32.6. The molecule has 0 N–H and O–H groups in total. The molecule has 2 aliphatic heterocycles. The van der Waals surface area contributed by atoms with Crippen molar-refractivity contribution in [1.29, 1.82) is 0 Å². The van der Waals surface area contributed by atoms with Gasteiger partial charge in [0.2, 0.25) is 11.8 Å². The van der Waals surface area contributed by atoms with Crippen molar-refractivity contribution >= 4 is 22.7 Å². The zero-order chi connectivity index (χ0) is 40.9. The van der Waals surface area contributed by atoms with E-state index < -0.39 is 42.7 Å². The number of carbonyl (C=O) groups is 2. The Kier molecular flexibility index (Phi) is 12.3. The number of alkyl halides is 3. The van der Waals surface area contributed by atoms with Crippen molar-refractivity contribution in [2.45, 2.75) is 75.4 Å². The van der Waals surface area contributed by atoms with Crippen LogP contribution in [0.5, 0.6) is 0 Å². The first kappa shape index (κ1) is 40.5. The van der Waals surface area contributed by atoms with Gasteiger partial charge in [0.1, 0.15) is 18.0 Å². The fourth-order valence-corrected chi connectivity index (χ4v) is 9.10. The number of fused-ring (bicyclic) bond motifs is 1. The standard InChI is InChI=1S/C46H47F4N5O4/c47-35-17-15-31(16-18-35)41(43(32-10-2-20-51-27-32)58-25-7-19-46(48,49)50)55-24-5-13-36(45(55)57)38-26-34(38)29-59-44(33-11-3-21-52-28-33)42(54-23-6-14-39(54)56)37-12-1-8-30-9-4-22-53-40(30)37/h1-4,8-12,15-18,20-22,27-28,34,36,38,41-44H,5-7,13-14,19,23-26,29H2/t34?,36?,38?,41-,42-,43+,44+/m1/s1. The van der Waals surface area contributed by atoms with Gasteiger partial charge in [-0.15, -0.1) is 0 Å². The van der Waals surface area contributed by atoms with Crippen LogP contribution in [0.3, 0.4) is 0 Å². The summed E-state index contributed by atoms with van der Waals surface area (Å²) in [5, 5.41) is 0.964. The summed E-state index contributed by atoms with van der Waals surface area (Å²) in [5.74, 6) is -0.683. The molecule has 0 spiro atoms. The van der Waals surface area contributed by atoms with Gasteiger partial charge in [-0.05, 0) is 79.8 Å². The molecule has 5 heterocycles. The van der Waals surface area contributed by atoms with Crippen LogP contribution < -0.4 is 0 Å². The molecular weight excluding hydrogens is 763 g/mol. The monoisotopic (exact) mass is 809 g/mol. The third kappa shape index (κ3) is 9.31. The van der Waals surface area contributed by atoms with Gasteiger partial charge in [-0.25, -0.2) is 4.39 Å². The highest BCUT2D eigenvalue weighted by Gasteiger charge is 2.50. The number of likely N-dealkylation sites (tertiary alicyclic amines) is 2. The van der Waals surface area contributed by atoms with Crippen LogP contribution in [0, 0.1) is 23.6 Å². The van der Waals surface area contributed by atoms with Crippen LogP contribution in [-0.2, 0) is 19.1 Å². The zero-order valence-corrected chi connectivity index (χ0v) is 32.6. The molecule has 2 aromatic carbocycles. The Hall–Kier alpha value is -5.27. The second-order valence-electron chi connectivity index (χ2n) is 15.8. The predicted octanol–water partition coefficient (Wildman–Crippen LogP) is 9.30. The number of para-hydroxylation sites is 1. The van der Waals surface area contributed by atoms with Crippen molar-refractivity contribution in [3.05, 3.63) is 138 Å². The van der Waals surface area contributed by atoms with Crippen molar-refractivity contribution < 1.29 is 36.6 Å². The average Bonchev–Trinajstić information content (AvgIpc) is 3.90. The second-order valence-corrected chi connectivity index (χ2v) is 15.8. The van der Waals surface area contributed by atoms with E-state index in [1.807, 2.05) is 47.4 Å². The van der Waals surface area contributed by atoms with Gasteiger partial charge in [0, 0.05) is 91.5 Å². The lowest BCUT2D eigenvalue weighted by atomic mass is 9.87. The highest BCUT2D eigenvalue weighted by Crippen LogP contribution is 2.51. The molecule has 7 atom stereocenters. The number of hydrogen-bond donors (Lipinski definition) is 0. The van der Waals surface area contributed by atoms with Crippen LogP contribution >= 0.6 is 0 Å². The van der Waals surface area contributed by atoms with Crippen molar-refractivity contribution in [1.82, 2.24) is 24.8 Å². The molecule has 3 fully saturated rings. The Balaban J connectivity index is 1.05. The molecule has 13 heteroatoms. The summed E-state index contributed by atoms with van der Waals surface area (Å²) in [5.41, 5.74) is 3.76. The minimum atomic E-state index is -4.33. The molecular formula is C46H47F4N5O4. The van der Waals surface area contributed by atoms with Crippen LogP contribution in [-0.4, -0.2) is 69.0 Å². The number of aromatic nitrogens is 3. The van der Waals surface area contributed by atoms with E-state index in [1.54, 1.807) is 60.1 Å². The SMILES string of the molecule is O=C1C(C2CC2CO[C@@H](c2cccnc2)[C@@H](c2cccc3cccnc23)N2CCCC2=O)CCCN1[C@H](c1ccc(F)cc1)[C@@H](OCCCC(F)(F)F)c1cccnc1. The molecule has 59 heavy (non-hydrogen) atoms. The number of nitrogens with zero attached hydrogens (tertiary/aromatic N) is 5. The third-order valence-electron chi connectivity index (χ3n) is 12.0. The van der Waals surface area contributed by atoms with Gasteiger partial charge in [-0.3, -0.25) is 24.5 Å². The highest BCUT2D eigenvalue weighted by atomic mass is 19.4. The molecule has 0 radical (unpaired) electrons. The van der Waals surface area contributed by atoms with Crippen molar-refractivity contribution in [2.75, 3.05) is 26.3 Å². The smallest absolute Gasteiger partial charge is 0.371 e. The number of rotatable bonds is 16. The first-order chi connectivity index (χ1) is 28.7. The average molecular weight is 810 g/mol. The van der Waals surface area contributed by atoms with Gasteiger partial charge >= 0.3 is 6.18 Å². The molecule has 3 unspecified atom stereocenters. The van der Waals surface area contributed by atoms with E-state index in [2.05, 4.69) is 9.97 Å². The molecule has 5 aromatic rings. The first-order valence-corrected chi connectivity index (χ1v) is 20.4. The molecule has 2 amide bonds. The van der Waals surface area contributed by atoms with E-state index in [4.69, 9.17) is 14.5 Å². The van der Waals surface area contributed by atoms with E-state index in [0.29, 0.717) is 50.1 Å². The van der Waals surface area contributed by atoms with Crippen molar-refractivity contribution in [3.63, 3.8) is 0 Å². The fraction of sp³-hybridized carbons (Fsp3) is 0.413. The van der Waals surface area contributed by atoms with Crippen LogP contribution in [0.15, 0.2) is 110 Å². The molecule has 2 saturated heterocycles. The number of benzene rings is 2. The lowest BCUT2D eigenvalue weighted by molar-refractivity contribution is -0.149. The molecule has 308 valence electrons. The Labute approximate surface area is 340 Å². The minimum absolute atomic E-state index is 0.0318. The molecule has 1 aliphatic carbocycles. The molecule has 3 aromatic heterocycles. The number of carbonyl (C=O) groups excluding carboxylic acids is 2. The lowest BCUT2D eigenvalue weighted by Gasteiger charge is -2.42. The van der Waals surface area contributed by atoms with E-state index in [0.717, 1.165) is 34.9 Å². The van der Waals surface area contributed by atoms with Crippen molar-refractivity contribution in [2.24, 2.45) is 17.8 Å². The minimum Gasteiger partial charge on any atom is -0.371 e. The van der Waals surface area contributed by atoms with E-state index in [-0.39, 0.29) is 42.6 Å². The maximum atomic E-state index is 14.8. The summed E-state index contributed by atoms with van der Waals surface area (Å²) in [4.78, 5) is 45.3. The van der Waals surface area contributed by atoms with Crippen LogP contribution in [0.1, 0.15) is 91.5 Å². The molecule has 1 saturated carbocycles. The van der Waals surface area contributed by atoms with Gasteiger partial charge in [0.25, 0.3) is 0 Å². The number of pyridine rings is 3. The maximum Gasteiger partial charge on any atom is 0.389 e. The highest BCUT2D eigenvalue weighted by molar-refractivity contribution is 5.84. The van der Waals surface area contributed by atoms with Crippen LogP contribution in [0.4, 0.5) is 17.6 Å².